The summed E-state index contributed by atoms with van der Waals surface area (Å²) in [5, 5.41) is 7.44. The van der Waals surface area contributed by atoms with Gasteiger partial charge < -0.3 is 19.9 Å². The quantitative estimate of drug-likeness (QED) is 0.223. The number of guanidine groups is 1. The van der Waals surface area contributed by atoms with Crippen LogP contribution >= 0.6 is 24.0 Å². The Kier molecular flexibility index (Phi) is 8.91. The normalized spacial score (nSPS) is 11.8. The molecule has 0 radical (unpaired) electrons. The van der Waals surface area contributed by atoms with Crippen molar-refractivity contribution in [2.45, 2.75) is 39.3 Å². The molecule has 1 aromatic carbocycles. The third kappa shape index (κ3) is 7.23. The van der Waals surface area contributed by atoms with Crippen LogP contribution in [0.5, 0.6) is 0 Å². The molecule has 1 heterocycles. The number of aryl methyl sites for hydroxylation is 1. The second-order valence-corrected chi connectivity index (χ2v) is 6.86. The molecule has 0 saturated carbocycles. The van der Waals surface area contributed by atoms with Crippen molar-refractivity contribution in [3.63, 3.8) is 0 Å². The molecule has 0 fully saturated rings. The van der Waals surface area contributed by atoms with Gasteiger partial charge in [-0.15, -0.1) is 24.0 Å². The van der Waals surface area contributed by atoms with Crippen molar-refractivity contribution >= 4 is 46.8 Å². The molecule has 0 aliphatic rings. The number of halogens is 1. The van der Waals surface area contributed by atoms with E-state index < -0.39 is 5.60 Å². The number of aliphatic imine (C=N–C) groups is 1. The first-order valence-electron chi connectivity index (χ1n) is 8.59. The fourth-order valence-corrected chi connectivity index (χ4v) is 2.55. The van der Waals surface area contributed by atoms with Crippen LogP contribution in [0.3, 0.4) is 0 Å². The fraction of sp³-hybridized carbons (Fsp3) is 0.474. The molecule has 0 spiro atoms. The highest BCUT2D eigenvalue weighted by molar-refractivity contribution is 14.0. The Bertz CT molecular complexity index is 734. The van der Waals surface area contributed by atoms with Crippen LogP contribution in [0.15, 0.2) is 41.5 Å². The zero-order valence-corrected chi connectivity index (χ0v) is 18.2. The smallest absolute Gasteiger partial charge is 0.325 e. The lowest BCUT2D eigenvalue weighted by Crippen LogP contribution is -2.42. The van der Waals surface area contributed by atoms with Gasteiger partial charge in [0.15, 0.2) is 5.96 Å². The van der Waals surface area contributed by atoms with Crippen LogP contribution in [0.2, 0.25) is 0 Å². The highest BCUT2D eigenvalue weighted by atomic mass is 127. The molecule has 0 saturated heterocycles. The highest BCUT2D eigenvalue weighted by Gasteiger charge is 2.16. The molecule has 26 heavy (non-hydrogen) atoms. The SMILES string of the molecule is CN=C(NCCCn1ccc2ccccc21)NCC(=O)OC(C)(C)C.I. The van der Waals surface area contributed by atoms with Crippen LogP contribution in [0, 0.1) is 0 Å². The van der Waals surface area contributed by atoms with Crippen LogP contribution in [0.25, 0.3) is 10.9 Å². The Morgan fingerprint density at radius 1 is 1.19 bits per heavy atom. The molecule has 144 valence electrons. The summed E-state index contributed by atoms with van der Waals surface area (Å²) in [4.78, 5) is 15.8. The van der Waals surface area contributed by atoms with Gasteiger partial charge in [0.25, 0.3) is 0 Å². The highest BCUT2D eigenvalue weighted by Crippen LogP contribution is 2.15. The van der Waals surface area contributed by atoms with Crippen molar-refractivity contribution in [1.82, 2.24) is 15.2 Å². The fourth-order valence-electron chi connectivity index (χ4n) is 2.55. The molecule has 0 aliphatic heterocycles. The molecule has 6 nitrogen and oxygen atoms in total. The van der Waals surface area contributed by atoms with Gasteiger partial charge in [0.05, 0.1) is 0 Å². The Morgan fingerprint density at radius 2 is 1.92 bits per heavy atom. The van der Waals surface area contributed by atoms with E-state index in [0.29, 0.717) is 5.96 Å². The van der Waals surface area contributed by atoms with Gasteiger partial charge >= 0.3 is 5.97 Å². The molecular formula is C19H29IN4O2. The number of fused-ring (bicyclic) bond motifs is 1. The number of benzene rings is 1. The third-order valence-corrected chi connectivity index (χ3v) is 3.59. The lowest BCUT2D eigenvalue weighted by Gasteiger charge is -2.20. The van der Waals surface area contributed by atoms with Crippen molar-refractivity contribution in [3.05, 3.63) is 36.5 Å². The first-order valence-corrected chi connectivity index (χ1v) is 8.59. The molecule has 0 amide bonds. The van der Waals surface area contributed by atoms with Crippen LogP contribution in [0.1, 0.15) is 27.2 Å². The topological polar surface area (TPSA) is 67.7 Å². The summed E-state index contributed by atoms with van der Waals surface area (Å²) < 4.78 is 7.50. The maximum absolute atomic E-state index is 11.7. The van der Waals surface area contributed by atoms with E-state index in [1.165, 1.54) is 10.9 Å². The number of hydrogen-bond acceptors (Lipinski definition) is 3. The minimum Gasteiger partial charge on any atom is -0.459 e. The maximum atomic E-state index is 11.7. The van der Waals surface area contributed by atoms with E-state index in [-0.39, 0.29) is 36.5 Å². The summed E-state index contributed by atoms with van der Waals surface area (Å²) in [7, 11) is 1.68. The van der Waals surface area contributed by atoms with Crippen LogP contribution in [-0.4, -0.2) is 42.2 Å². The zero-order chi connectivity index (χ0) is 18.3. The standard InChI is InChI=1S/C19H28N4O2.HI/c1-19(2,3)25-17(24)14-22-18(20-4)21-11-7-12-23-13-10-15-8-5-6-9-16(15)23;/h5-6,8-10,13H,7,11-12,14H2,1-4H3,(H2,20,21,22);1H. The Morgan fingerprint density at radius 3 is 2.62 bits per heavy atom. The first-order chi connectivity index (χ1) is 11.9. The largest absolute Gasteiger partial charge is 0.459 e. The third-order valence-electron chi connectivity index (χ3n) is 3.59. The van der Waals surface area contributed by atoms with Crippen LogP contribution in [0.4, 0.5) is 0 Å². The second kappa shape index (κ2) is 10.4. The summed E-state index contributed by atoms with van der Waals surface area (Å²) in [5.41, 5.74) is 0.768. The van der Waals surface area contributed by atoms with Gasteiger partial charge in [0.1, 0.15) is 12.1 Å². The van der Waals surface area contributed by atoms with E-state index in [2.05, 4.69) is 56.7 Å². The first kappa shape index (κ1) is 22.3. The number of rotatable bonds is 6. The van der Waals surface area contributed by atoms with E-state index >= 15 is 0 Å². The molecule has 0 atom stereocenters. The second-order valence-electron chi connectivity index (χ2n) is 6.86. The average molecular weight is 472 g/mol. The van der Waals surface area contributed by atoms with Crippen molar-refractivity contribution < 1.29 is 9.53 Å². The van der Waals surface area contributed by atoms with Gasteiger partial charge in [-0.3, -0.25) is 9.79 Å². The van der Waals surface area contributed by atoms with E-state index in [4.69, 9.17) is 4.74 Å². The number of ether oxygens (including phenoxy) is 1. The van der Waals surface area contributed by atoms with Crippen molar-refractivity contribution in [2.75, 3.05) is 20.1 Å². The molecule has 0 aliphatic carbocycles. The number of esters is 1. The maximum Gasteiger partial charge on any atom is 0.325 e. The molecular weight excluding hydrogens is 443 g/mol. The summed E-state index contributed by atoms with van der Waals surface area (Å²) >= 11 is 0. The van der Waals surface area contributed by atoms with E-state index in [0.717, 1.165) is 19.5 Å². The molecule has 2 aromatic rings. The van der Waals surface area contributed by atoms with Crippen LogP contribution < -0.4 is 10.6 Å². The number of nitrogens with zero attached hydrogens (tertiary/aromatic N) is 2. The van der Waals surface area contributed by atoms with Gasteiger partial charge in [0, 0.05) is 31.9 Å². The summed E-state index contributed by atoms with van der Waals surface area (Å²) in [6.45, 7) is 7.33. The molecule has 0 unspecified atom stereocenters. The summed E-state index contributed by atoms with van der Waals surface area (Å²) in [6, 6.07) is 10.5. The van der Waals surface area contributed by atoms with Crippen molar-refractivity contribution in [1.29, 1.82) is 0 Å². The molecule has 2 rings (SSSR count). The Labute approximate surface area is 172 Å². The van der Waals surface area contributed by atoms with Gasteiger partial charge in [-0.25, -0.2) is 0 Å². The molecule has 2 N–H and O–H groups in total. The zero-order valence-electron chi connectivity index (χ0n) is 15.9. The predicted molar refractivity (Wildman–Crippen MR) is 117 cm³/mol. The average Bonchev–Trinajstić information content (AvgIpc) is 2.96. The monoisotopic (exact) mass is 472 g/mol. The van der Waals surface area contributed by atoms with Gasteiger partial charge in [0.2, 0.25) is 0 Å². The predicted octanol–water partition coefficient (Wildman–Crippen LogP) is 3.16. The van der Waals surface area contributed by atoms with Gasteiger partial charge in [-0.2, -0.15) is 0 Å². The summed E-state index contributed by atoms with van der Waals surface area (Å²) in [5.74, 6) is 0.303. The lowest BCUT2D eigenvalue weighted by atomic mass is 10.2. The number of carbonyl (C=O) groups is 1. The van der Waals surface area contributed by atoms with Gasteiger partial charge in [-0.1, -0.05) is 18.2 Å². The Hall–Kier alpha value is -1.77. The lowest BCUT2D eigenvalue weighted by molar-refractivity contribution is -0.153. The van der Waals surface area contributed by atoms with Crippen molar-refractivity contribution in [2.24, 2.45) is 4.99 Å². The van der Waals surface area contributed by atoms with E-state index in [1.54, 1.807) is 7.05 Å². The molecule has 0 bridgehead atoms. The number of para-hydroxylation sites is 1. The van der Waals surface area contributed by atoms with Crippen LogP contribution in [-0.2, 0) is 16.1 Å². The number of hydrogen-bond donors (Lipinski definition) is 2. The van der Waals surface area contributed by atoms with E-state index in [9.17, 15) is 4.79 Å². The Balaban J connectivity index is 0.00000338. The molecule has 7 heteroatoms. The minimum atomic E-state index is -0.477. The minimum absolute atomic E-state index is 0. The molecule has 1 aromatic heterocycles. The van der Waals surface area contributed by atoms with Gasteiger partial charge in [-0.05, 0) is 44.7 Å². The number of carbonyl (C=O) groups excluding carboxylic acids is 1. The van der Waals surface area contributed by atoms with Crippen molar-refractivity contribution in [3.8, 4) is 0 Å². The number of aromatic nitrogens is 1. The number of nitrogens with one attached hydrogen (secondary N) is 2. The summed E-state index contributed by atoms with van der Waals surface area (Å²) in [6.07, 6.45) is 3.06. The van der Waals surface area contributed by atoms with E-state index in [1.807, 2.05) is 20.8 Å².